The molecule has 4 heteroatoms. The van der Waals surface area contributed by atoms with Crippen molar-refractivity contribution in [3.05, 3.63) is 30.1 Å². The number of carbonyl (C=O) groups is 1. The van der Waals surface area contributed by atoms with Crippen molar-refractivity contribution in [3.63, 3.8) is 0 Å². The van der Waals surface area contributed by atoms with Crippen LogP contribution in [0.1, 0.15) is 45.6 Å². The van der Waals surface area contributed by atoms with Crippen molar-refractivity contribution in [2.45, 2.75) is 46.6 Å². The molecular formula is C19H29N3O. The van der Waals surface area contributed by atoms with E-state index in [1.165, 1.54) is 5.56 Å². The Morgan fingerprint density at radius 3 is 2.61 bits per heavy atom. The standard InChI is InChI=1S/C19H29N3O/c1-18(2,3)14-22-11-4-7-19(17(22)23)8-12-21(15-19)13-16-5-9-20-10-6-16/h5-6,9-10H,4,7-8,11-15H2,1-3H3/t19-/m1/s1. The summed E-state index contributed by atoms with van der Waals surface area (Å²) in [4.78, 5) is 21.8. The first kappa shape index (κ1) is 16.4. The van der Waals surface area contributed by atoms with Gasteiger partial charge in [0.1, 0.15) is 0 Å². The Kier molecular flexibility index (Phi) is 4.45. The fourth-order valence-corrected chi connectivity index (χ4v) is 4.09. The number of nitrogens with zero attached hydrogens (tertiary/aromatic N) is 3. The minimum Gasteiger partial charge on any atom is -0.342 e. The van der Waals surface area contributed by atoms with Gasteiger partial charge in [0.15, 0.2) is 0 Å². The molecule has 23 heavy (non-hydrogen) atoms. The van der Waals surface area contributed by atoms with Crippen LogP contribution in [-0.4, -0.2) is 46.9 Å². The van der Waals surface area contributed by atoms with Crippen molar-refractivity contribution < 1.29 is 4.79 Å². The van der Waals surface area contributed by atoms with Crippen molar-refractivity contribution in [2.24, 2.45) is 10.8 Å². The van der Waals surface area contributed by atoms with Gasteiger partial charge in [0.25, 0.3) is 0 Å². The zero-order valence-electron chi connectivity index (χ0n) is 14.7. The Hall–Kier alpha value is -1.42. The average molecular weight is 315 g/mol. The summed E-state index contributed by atoms with van der Waals surface area (Å²) in [5.41, 5.74) is 1.33. The van der Waals surface area contributed by atoms with Crippen LogP contribution in [0.5, 0.6) is 0 Å². The fraction of sp³-hybridized carbons (Fsp3) is 0.684. The Morgan fingerprint density at radius 1 is 1.17 bits per heavy atom. The Morgan fingerprint density at radius 2 is 1.91 bits per heavy atom. The number of pyridine rings is 1. The molecule has 0 saturated carbocycles. The number of amides is 1. The number of aromatic nitrogens is 1. The van der Waals surface area contributed by atoms with Crippen molar-refractivity contribution in [3.8, 4) is 0 Å². The minimum atomic E-state index is -0.128. The lowest BCUT2D eigenvalue weighted by atomic mass is 9.77. The highest BCUT2D eigenvalue weighted by atomic mass is 16.2. The van der Waals surface area contributed by atoms with Crippen molar-refractivity contribution in [2.75, 3.05) is 26.2 Å². The van der Waals surface area contributed by atoms with Gasteiger partial charge in [0, 0.05) is 38.6 Å². The summed E-state index contributed by atoms with van der Waals surface area (Å²) in [7, 11) is 0. The molecule has 1 spiro atoms. The van der Waals surface area contributed by atoms with E-state index in [9.17, 15) is 4.79 Å². The molecule has 1 aromatic heterocycles. The van der Waals surface area contributed by atoms with Gasteiger partial charge in [-0.25, -0.2) is 0 Å². The molecule has 1 amide bonds. The van der Waals surface area contributed by atoms with Crippen LogP contribution in [0.3, 0.4) is 0 Å². The van der Waals surface area contributed by atoms with Crippen LogP contribution in [0.15, 0.2) is 24.5 Å². The fourth-order valence-electron chi connectivity index (χ4n) is 4.09. The molecule has 1 aromatic rings. The van der Waals surface area contributed by atoms with E-state index in [-0.39, 0.29) is 10.8 Å². The number of hydrogen-bond acceptors (Lipinski definition) is 3. The summed E-state index contributed by atoms with van der Waals surface area (Å²) >= 11 is 0. The number of carbonyl (C=O) groups excluding carboxylic acids is 1. The van der Waals surface area contributed by atoms with E-state index in [0.717, 1.165) is 52.0 Å². The molecular weight excluding hydrogens is 286 g/mol. The zero-order chi connectivity index (χ0) is 16.5. The first-order valence-electron chi connectivity index (χ1n) is 8.79. The second kappa shape index (κ2) is 6.23. The second-order valence-electron chi connectivity index (χ2n) is 8.49. The highest BCUT2D eigenvalue weighted by molar-refractivity contribution is 5.84. The molecule has 1 atom stereocenters. The van der Waals surface area contributed by atoms with Crippen LogP contribution in [0.4, 0.5) is 0 Å². The highest BCUT2D eigenvalue weighted by Crippen LogP contribution is 2.41. The maximum absolute atomic E-state index is 13.1. The third-order valence-corrected chi connectivity index (χ3v) is 5.08. The average Bonchev–Trinajstić information content (AvgIpc) is 2.88. The molecule has 2 fully saturated rings. The van der Waals surface area contributed by atoms with Crippen molar-refractivity contribution in [1.82, 2.24) is 14.8 Å². The maximum Gasteiger partial charge on any atom is 0.230 e. The normalized spacial score (nSPS) is 26.2. The molecule has 4 nitrogen and oxygen atoms in total. The molecule has 2 aliphatic heterocycles. The van der Waals surface area contributed by atoms with Crippen LogP contribution < -0.4 is 0 Å². The second-order valence-corrected chi connectivity index (χ2v) is 8.49. The zero-order valence-corrected chi connectivity index (χ0v) is 14.7. The largest absolute Gasteiger partial charge is 0.342 e. The molecule has 126 valence electrons. The summed E-state index contributed by atoms with van der Waals surface area (Å²) in [6, 6.07) is 4.14. The van der Waals surface area contributed by atoms with Gasteiger partial charge >= 0.3 is 0 Å². The molecule has 0 radical (unpaired) electrons. The van der Waals surface area contributed by atoms with Crippen LogP contribution in [0.2, 0.25) is 0 Å². The van der Waals surface area contributed by atoms with E-state index >= 15 is 0 Å². The number of hydrogen-bond donors (Lipinski definition) is 0. The van der Waals surface area contributed by atoms with E-state index in [2.05, 4.69) is 47.7 Å². The Bertz CT molecular complexity index is 551. The summed E-state index contributed by atoms with van der Waals surface area (Å²) in [5.74, 6) is 0.399. The molecule has 3 rings (SSSR count). The summed E-state index contributed by atoms with van der Waals surface area (Å²) < 4.78 is 0. The third kappa shape index (κ3) is 3.74. The number of rotatable bonds is 3. The van der Waals surface area contributed by atoms with Gasteiger partial charge in [-0.2, -0.15) is 0 Å². The van der Waals surface area contributed by atoms with E-state index < -0.39 is 0 Å². The number of likely N-dealkylation sites (tertiary alicyclic amines) is 2. The smallest absolute Gasteiger partial charge is 0.230 e. The van der Waals surface area contributed by atoms with Gasteiger partial charge in [-0.1, -0.05) is 20.8 Å². The molecule has 0 aromatic carbocycles. The van der Waals surface area contributed by atoms with Crippen LogP contribution >= 0.6 is 0 Å². The van der Waals surface area contributed by atoms with Gasteiger partial charge in [-0.15, -0.1) is 0 Å². The molecule has 0 bridgehead atoms. The molecule has 0 N–H and O–H groups in total. The lowest BCUT2D eigenvalue weighted by Gasteiger charge is -2.42. The van der Waals surface area contributed by atoms with Gasteiger partial charge in [-0.05, 0) is 48.9 Å². The molecule has 2 saturated heterocycles. The van der Waals surface area contributed by atoms with E-state index in [1.54, 1.807) is 0 Å². The van der Waals surface area contributed by atoms with Crippen molar-refractivity contribution in [1.29, 1.82) is 0 Å². The SMILES string of the molecule is CC(C)(C)CN1CCC[C@]2(CCN(Cc3ccncc3)C2)C1=O. The van der Waals surface area contributed by atoms with Crippen molar-refractivity contribution >= 4 is 5.91 Å². The topological polar surface area (TPSA) is 36.4 Å². The lowest BCUT2D eigenvalue weighted by Crippen LogP contribution is -2.52. The Balaban J connectivity index is 1.66. The third-order valence-electron chi connectivity index (χ3n) is 5.08. The van der Waals surface area contributed by atoms with Gasteiger partial charge < -0.3 is 4.90 Å². The predicted octanol–water partition coefficient (Wildman–Crippen LogP) is 2.94. The summed E-state index contributed by atoms with van der Waals surface area (Å²) in [6.07, 6.45) is 6.90. The minimum absolute atomic E-state index is 0.128. The van der Waals surface area contributed by atoms with Gasteiger partial charge in [0.05, 0.1) is 5.41 Å². The summed E-state index contributed by atoms with van der Waals surface area (Å²) in [6.45, 7) is 11.3. The molecule has 2 aliphatic rings. The van der Waals surface area contributed by atoms with Gasteiger partial charge in [-0.3, -0.25) is 14.7 Å². The summed E-state index contributed by atoms with van der Waals surface area (Å²) in [5, 5.41) is 0. The van der Waals surface area contributed by atoms with E-state index in [1.807, 2.05) is 12.4 Å². The number of piperidine rings is 1. The van der Waals surface area contributed by atoms with Crippen LogP contribution in [0, 0.1) is 10.8 Å². The molecule has 0 unspecified atom stereocenters. The van der Waals surface area contributed by atoms with Gasteiger partial charge in [0.2, 0.25) is 5.91 Å². The molecule has 3 heterocycles. The van der Waals surface area contributed by atoms with E-state index in [0.29, 0.717) is 5.91 Å². The van der Waals surface area contributed by atoms with Crippen LogP contribution in [-0.2, 0) is 11.3 Å². The quantitative estimate of drug-likeness (QED) is 0.860. The predicted molar refractivity (Wildman–Crippen MR) is 91.8 cm³/mol. The monoisotopic (exact) mass is 315 g/mol. The lowest BCUT2D eigenvalue weighted by molar-refractivity contribution is -0.147. The first-order chi connectivity index (χ1) is 10.9. The maximum atomic E-state index is 13.1. The molecule has 0 aliphatic carbocycles. The van der Waals surface area contributed by atoms with E-state index in [4.69, 9.17) is 0 Å². The highest BCUT2D eigenvalue weighted by Gasteiger charge is 2.48. The first-order valence-corrected chi connectivity index (χ1v) is 8.79. The van der Waals surface area contributed by atoms with Crippen LogP contribution in [0.25, 0.3) is 0 Å². The Labute approximate surface area is 139 Å².